The van der Waals surface area contributed by atoms with Crippen LogP contribution in [-0.4, -0.2) is 140 Å². The molecule has 2 aliphatic rings. The number of nitrogens with one attached hydrogen (secondary N) is 1. The van der Waals surface area contributed by atoms with E-state index in [0.717, 1.165) is 77.0 Å². The first-order chi connectivity index (χ1) is 26.1. The minimum absolute atomic E-state index is 0.263. The van der Waals surface area contributed by atoms with Gasteiger partial charge in [-0.2, -0.15) is 0 Å². The van der Waals surface area contributed by atoms with Crippen LogP contribution < -0.4 is 5.32 Å². The minimum Gasteiger partial charge on any atom is -0.394 e. The molecule has 12 unspecified atom stereocenters. The monoisotopic (exact) mass is 773 g/mol. The number of unbranched alkanes of at least 4 members (excludes halogenated alkanes) is 11. The van der Waals surface area contributed by atoms with Crippen LogP contribution in [0.4, 0.5) is 0 Å². The average Bonchev–Trinajstić information content (AvgIpc) is 3.17. The average molecular weight is 774 g/mol. The van der Waals surface area contributed by atoms with Crippen molar-refractivity contribution in [2.45, 2.75) is 190 Å². The Labute approximate surface area is 321 Å². The van der Waals surface area contributed by atoms with Crippen LogP contribution >= 0.6 is 0 Å². The van der Waals surface area contributed by atoms with E-state index in [1.807, 2.05) is 6.08 Å². The zero-order valence-corrected chi connectivity index (χ0v) is 32.4. The van der Waals surface area contributed by atoms with Crippen molar-refractivity contribution < 1.29 is 64.6 Å². The summed E-state index contributed by atoms with van der Waals surface area (Å²) in [5.41, 5.74) is 0. The molecule has 2 heterocycles. The molecule has 9 N–H and O–H groups in total. The normalized spacial score (nSPS) is 30.4. The first kappa shape index (κ1) is 48.4. The van der Waals surface area contributed by atoms with Gasteiger partial charge in [0.1, 0.15) is 48.8 Å². The lowest BCUT2D eigenvalue weighted by Gasteiger charge is -2.46. The van der Waals surface area contributed by atoms with Crippen LogP contribution in [0.25, 0.3) is 0 Å². The summed E-state index contributed by atoms with van der Waals surface area (Å²) in [5, 5.41) is 85.8. The molecule has 0 aliphatic carbocycles. The summed E-state index contributed by atoms with van der Waals surface area (Å²) < 4.78 is 22.5. The van der Waals surface area contributed by atoms with Crippen LogP contribution in [0.2, 0.25) is 0 Å². The number of aliphatic hydroxyl groups excluding tert-OH is 8. The van der Waals surface area contributed by atoms with Gasteiger partial charge in [0.25, 0.3) is 0 Å². The van der Waals surface area contributed by atoms with Gasteiger partial charge in [0.05, 0.1) is 32.0 Å². The Morgan fingerprint density at radius 2 is 1.24 bits per heavy atom. The van der Waals surface area contributed by atoms with Crippen molar-refractivity contribution in [1.82, 2.24) is 5.32 Å². The Balaban J connectivity index is 1.91. The predicted octanol–water partition coefficient (Wildman–Crippen LogP) is 2.42. The Hall–Kier alpha value is -1.79. The predicted molar refractivity (Wildman–Crippen MR) is 203 cm³/mol. The van der Waals surface area contributed by atoms with Crippen molar-refractivity contribution >= 4 is 5.91 Å². The fourth-order valence-electron chi connectivity index (χ4n) is 6.36. The number of hydrogen-bond donors (Lipinski definition) is 9. The van der Waals surface area contributed by atoms with Gasteiger partial charge >= 0.3 is 0 Å². The van der Waals surface area contributed by atoms with Gasteiger partial charge in [-0.15, -0.1) is 0 Å². The second-order valence-electron chi connectivity index (χ2n) is 14.4. The molecule has 0 saturated carbocycles. The fraction of sp³-hybridized carbons (Fsp3) is 0.825. The van der Waals surface area contributed by atoms with Gasteiger partial charge < -0.3 is 65.1 Å². The highest BCUT2D eigenvalue weighted by Crippen LogP contribution is 2.29. The molecule has 14 heteroatoms. The molecular formula is C40H71NO13. The molecule has 314 valence electrons. The number of allylic oxidation sites excluding steroid dienone is 5. The highest BCUT2D eigenvalue weighted by atomic mass is 16.7. The van der Waals surface area contributed by atoms with E-state index >= 15 is 0 Å². The minimum atomic E-state index is -1.79. The Morgan fingerprint density at radius 3 is 1.91 bits per heavy atom. The van der Waals surface area contributed by atoms with Crippen LogP contribution in [-0.2, 0) is 23.7 Å². The van der Waals surface area contributed by atoms with E-state index in [1.165, 1.54) is 12.8 Å². The van der Waals surface area contributed by atoms with Crippen molar-refractivity contribution in [1.29, 1.82) is 0 Å². The third-order valence-corrected chi connectivity index (χ3v) is 9.82. The summed E-state index contributed by atoms with van der Waals surface area (Å²) in [5.74, 6) is -0.264. The molecule has 1 amide bonds. The van der Waals surface area contributed by atoms with Gasteiger partial charge in [0, 0.05) is 6.42 Å². The smallest absolute Gasteiger partial charge is 0.220 e. The van der Waals surface area contributed by atoms with E-state index in [0.29, 0.717) is 6.42 Å². The molecule has 2 fully saturated rings. The van der Waals surface area contributed by atoms with Gasteiger partial charge in [-0.05, 0) is 44.9 Å². The second kappa shape index (κ2) is 28.6. The molecule has 2 aliphatic heterocycles. The molecule has 12 atom stereocenters. The van der Waals surface area contributed by atoms with E-state index in [2.05, 4.69) is 43.5 Å². The van der Waals surface area contributed by atoms with Crippen LogP contribution in [0.15, 0.2) is 36.5 Å². The third kappa shape index (κ3) is 17.6. The van der Waals surface area contributed by atoms with Crippen molar-refractivity contribution in [3.05, 3.63) is 36.5 Å². The van der Waals surface area contributed by atoms with Gasteiger partial charge in [-0.25, -0.2) is 0 Å². The Kier molecular flexibility index (Phi) is 25.6. The molecule has 14 nitrogen and oxygen atoms in total. The second-order valence-corrected chi connectivity index (χ2v) is 14.4. The van der Waals surface area contributed by atoms with Crippen molar-refractivity contribution in [3.8, 4) is 0 Å². The van der Waals surface area contributed by atoms with Crippen LogP contribution in [0.5, 0.6) is 0 Å². The highest BCUT2D eigenvalue weighted by molar-refractivity contribution is 5.76. The number of aliphatic hydroxyl groups is 8. The first-order valence-electron chi connectivity index (χ1n) is 20.2. The molecule has 2 saturated heterocycles. The maximum atomic E-state index is 13.0. The molecule has 0 radical (unpaired) electrons. The Bertz CT molecular complexity index is 1060. The molecule has 0 aromatic rings. The van der Waals surface area contributed by atoms with Crippen molar-refractivity contribution in [2.24, 2.45) is 0 Å². The lowest BCUT2D eigenvalue weighted by Crippen LogP contribution is -2.65. The number of ether oxygens (including phenoxy) is 4. The van der Waals surface area contributed by atoms with Gasteiger partial charge in [0.15, 0.2) is 12.6 Å². The van der Waals surface area contributed by atoms with E-state index < -0.39 is 86.8 Å². The number of carbonyl (C=O) groups is 1. The molecule has 54 heavy (non-hydrogen) atoms. The highest BCUT2D eigenvalue weighted by Gasteiger charge is 2.50. The maximum absolute atomic E-state index is 13.0. The largest absolute Gasteiger partial charge is 0.394 e. The summed E-state index contributed by atoms with van der Waals surface area (Å²) in [6, 6.07) is -0.915. The number of rotatable bonds is 28. The SMILES string of the molecule is CCCC/C=C\C/C=C\CCCCCCCC(=O)NC(COC1OC(CO)C(OC2OC(CO)C(O)C(O)C2O)C(O)C1O)C(O)/C=C/CCCCCC. The van der Waals surface area contributed by atoms with Gasteiger partial charge in [0.2, 0.25) is 5.91 Å². The standard InChI is InChI=1S/C40H71NO13/c1-3-5-7-9-11-12-13-14-15-16-17-18-20-22-24-32(45)41-28(29(44)23-21-19-10-8-6-4-2)27-51-39-37(50)35(48)38(31(26-43)53-39)54-40-36(49)34(47)33(46)30(25-42)52-40/h9,11,13-14,21,23,28-31,33-40,42-44,46-50H,3-8,10,12,15-20,22,24-27H2,1-2H3,(H,41,45)/b11-9-,14-13-,23-21+. The summed E-state index contributed by atoms with van der Waals surface area (Å²) in [6.45, 7) is 2.59. The molecule has 0 spiro atoms. The van der Waals surface area contributed by atoms with E-state index in [9.17, 15) is 45.6 Å². The van der Waals surface area contributed by atoms with Crippen LogP contribution in [0, 0.1) is 0 Å². The lowest BCUT2D eigenvalue weighted by molar-refractivity contribution is -0.359. The van der Waals surface area contributed by atoms with Gasteiger partial charge in [-0.1, -0.05) is 102 Å². The maximum Gasteiger partial charge on any atom is 0.220 e. The molecular weight excluding hydrogens is 702 g/mol. The fourth-order valence-corrected chi connectivity index (χ4v) is 6.36. The van der Waals surface area contributed by atoms with E-state index in [1.54, 1.807) is 6.08 Å². The zero-order chi connectivity index (χ0) is 39.7. The van der Waals surface area contributed by atoms with Gasteiger partial charge in [-0.3, -0.25) is 4.79 Å². The zero-order valence-electron chi connectivity index (χ0n) is 32.4. The molecule has 0 bridgehead atoms. The number of hydrogen-bond acceptors (Lipinski definition) is 13. The summed E-state index contributed by atoms with van der Waals surface area (Å²) in [6.07, 6.45) is 11.0. The molecule has 0 aromatic carbocycles. The topological polar surface area (TPSA) is 228 Å². The summed E-state index contributed by atoms with van der Waals surface area (Å²) in [7, 11) is 0. The molecule has 2 rings (SSSR count). The van der Waals surface area contributed by atoms with Crippen LogP contribution in [0.1, 0.15) is 117 Å². The first-order valence-corrected chi connectivity index (χ1v) is 20.2. The summed E-state index contributed by atoms with van der Waals surface area (Å²) in [4.78, 5) is 13.0. The van der Waals surface area contributed by atoms with Crippen molar-refractivity contribution in [2.75, 3.05) is 19.8 Å². The lowest BCUT2D eigenvalue weighted by atomic mass is 9.97. The van der Waals surface area contributed by atoms with E-state index in [4.69, 9.17) is 18.9 Å². The summed E-state index contributed by atoms with van der Waals surface area (Å²) >= 11 is 0. The van der Waals surface area contributed by atoms with Crippen molar-refractivity contribution in [3.63, 3.8) is 0 Å². The third-order valence-electron chi connectivity index (χ3n) is 9.82. The van der Waals surface area contributed by atoms with E-state index in [-0.39, 0.29) is 18.9 Å². The molecule has 0 aromatic heterocycles. The quantitative estimate of drug-likeness (QED) is 0.0412. The Morgan fingerprint density at radius 1 is 0.667 bits per heavy atom. The number of carbonyl (C=O) groups excluding carboxylic acids is 1. The number of amides is 1. The van der Waals surface area contributed by atoms with Crippen LogP contribution in [0.3, 0.4) is 0 Å².